The van der Waals surface area contributed by atoms with Gasteiger partial charge in [-0.3, -0.25) is 9.59 Å². The van der Waals surface area contributed by atoms with E-state index >= 15 is 0 Å². The number of halogens is 1. The number of imide groups is 1. The Kier molecular flexibility index (Phi) is 3.40. The number of allylic oxidation sites excluding steroid dienone is 2. The third-order valence-electron chi connectivity index (χ3n) is 6.91. The number of aryl methyl sites for hydroxylation is 1. The van der Waals surface area contributed by atoms with Crippen molar-refractivity contribution in [1.82, 2.24) is 0 Å². The van der Waals surface area contributed by atoms with Gasteiger partial charge in [0, 0.05) is 5.02 Å². The van der Waals surface area contributed by atoms with Crippen LogP contribution in [0.3, 0.4) is 0 Å². The summed E-state index contributed by atoms with van der Waals surface area (Å²) in [6.07, 6.45) is 6.73. The molecule has 1 aromatic carbocycles. The Morgan fingerprint density at radius 3 is 2.04 bits per heavy atom. The van der Waals surface area contributed by atoms with E-state index in [1.807, 2.05) is 19.1 Å². The van der Waals surface area contributed by atoms with Gasteiger partial charge in [0.15, 0.2) is 0 Å². The summed E-state index contributed by atoms with van der Waals surface area (Å²) < 4.78 is 0. The highest BCUT2D eigenvalue weighted by atomic mass is 35.5. The second-order valence-corrected chi connectivity index (χ2v) is 8.45. The lowest BCUT2D eigenvalue weighted by Crippen LogP contribution is -2.35. The van der Waals surface area contributed by atoms with Crippen LogP contribution in [0.5, 0.6) is 0 Å². The average molecular weight is 356 g/mol. The van der Waals surface area contributed by atoms with Gasteiger partial charge in [0.25, 0.3) is 0 Å². The SMILES string of the molecule is Cc1ccc(N2C(=O)[C@@H]3[C@@H](C2=O)[C@H]2CCCC2=C2CCC[C@H]23)cc1Cl. The first-order valence-corrected chi connectivity index (χ1v) is 9.81. The topological polar surface area (TPSA) is 37.4 Å². The Balaban J connectivity index is 1.60. The molecule has 1 saturated heterocycles. The number of benzene rings is 1. The minimum absolute atomic E-state index is 0.00488. The molecular formula is C21H22ClNO2. The third kappa shape index (κ3) is 2.05. The van der Waals surface area contributed by atoms with Gasteiger partial charge < -0.3 is 0 Å². The standard InChI is InChI=1S/C21H22ClNO2/c1-11-8-9-12(10-17(11)22)23-20(24)18-15-6-2-4-13(15)14-5-3-7-16(14)19(18)21(23)25/h8-10,15-16,18-19H,2-7H2,1H3/t15-,16+,18-,19-/m0/s1. The molecule has 3 nitrogen and oxygen atoms in total. The molecule has 0 bridgehead atoms. The van der Waals surface area contributed by atoms with Crippen molar-refractivity contribution in [3.05, 3.63) is 39.9 Å². The summed E-state index contributed by atoms with van der Waals surface area (Å²) in [5, 5.41) is 0.606. The summed E-state index contributed by atoms with van der Waals surface area (Å²) in [5.41, 5.74) is 4.67. The molecule has 25 heavy (non-hydrogen) atoms. The maximum atomic E-state index is 13.3. The lowest BCUT2D eigenvalue weighted by atomic mass is 9.66. The maximum absolute atomic E-state index is 13.3. The van der Waals surface area contributed by atoms with Crippen molar-refractivity contribution in [1.29, 1.82) is 0 Å². The highest BCUT2D eigenvalue weighted by molar-refractivity contribution is 6.32. The van der Waals surface area contributed by atoms with E-state index in [1.54, 1.807) is 6.07 Å². The number of anilines is 1. The van der Waals surface area contributed by atoms with Crippen molar-refractivity contribution in [2.24, 2.45) is 23.7 Å². The zero-order valence-corrected chi connectivity index (χ0v) is 15.2. The van der Waals surface area contributed by atoms with Crippen LogP contribution in [0.4, 0.5) is 5.69 Å². The molecule has 0 spiro atoms. The minimum Gasteiger partial charge on any atom is -0.274 e. The highest BCUT2D eigenvalue weighted by Crippen LogP contribution is 2.57. The molecule has 2 saturated carbocycles. The van der Waals surface area contributed by atoms with Gasteiger partial charge in [-0.1, -0.05) is 28.8 Å². The summed E-state index contributed by atoms with van der Waals surface area (Å²) >= 11 is 6.26. The van der Waals surface area contributed by atoms with Crippen LogP contribution in [0.15, 0.2) is 29.3 Å². The van der Waals surface area contributed by atoms with Gasteiger partial charge in [-0.2, -0.15) is 0 Å². The third-order valence-corrected chi connectivity index (χ3v) is 7.32. The fraction of sp³-hybridized carbons (Fsp3) is 0.524. The molecule has 3 aliphatic carbocycles. The smallest absolute Gasteiger partial charge is 0.238 e. The molecular weight excluding hydrogens is 334 g/mol. The van der Waals surface area contributed by atoms with Crippen LogP contribution in [0.25, 0.3) is 0 Å². The zero-order chi connectivity index (χ0) is 17.3. The van der Waals surface area contributed by atoms with Gasteiger partial charge in [-0.15, -0.1) is 0 Å². The molecule has 130 valence electrons. The van der Waals surface area contributed by atoms with E-state index in [-0.39, 0.29) is 23.7 Å². The molecule has 0 unspecified atom stereocenters. The second-order valence-electron chi connectivity index (χ2n) is 8.04. The summed E-state index contributed by atoms with van der Waals surface area (Å²) in [5.74, 6) is 0.331. The Bertz CT molecular complexity index is 785. The molecule has 3 fully saturated rings. The van der Waals surface area contributed by atoms with Gasteiger partial charge in [0.1, 0.15) is 0 Å². The number of rotatable bonds is 1. The molecule has 2 amide bonds. The number of carbonyl (C=O) groups is 2. The van der Waals surface area contributed by atoms with Gasteiger partial charge in [-0.05, 0) is 75.0 Å². The van der Waals surface area contributed by atoms with Gasteiger partial charge in [0.2, 0.25) is 11.8 Å². The number of amides is 2. The van der Waals surface area contributed by atoms with E-state index in [1.165, 1.54) is 16.0 Å². The quantitative estimate of drug-likeness (QED) is 0.542. The van der Waals surface area contributed by atoms with Gasteiger partial charge in [0.05, 0.1) is 17.5 Å². The van der Waals surface area contributed by atoms with Crippen LogP contribution in [-0.2, 0) is 9.59 Å². The number of fused-ring (bicyclic) bond motifs is 5. The van der Waals surface area contributed by atoms with Crippen LogP contribution in [-0.4, -0.2) is 11.8 Å². The maximum Gasteiger partial charge on any atom is 0.238 e. The van der Waals surface area contributed by atoms with Crippen LogP contribution >= 0.6 is 11.6 Å². The second kappa shape index (κ2) is 5.44. The molecule has 4 atom stereocenters. The van der Waals surface area contributed by atoms with Crippen LogP contribution in [0.1, 0.15) is 44.1 Å². The normalized spacial score (nSPS) is 33.8. The molecule has 1 aromatic rings. The van der Waals surface area contributed by atoms with E-state index in [0.29, 0.717) is 22.5 Å². The van der Waals surface area contributed by atoms with Gasteiger partial charge in [-0.25, -0.2) is 4.90 Å². The van der Waals surface area contributed by atoms with Crippen LogP contribution in [0, 0.1) is 30.6 Å². The van der Waals surface area contributed by atoms with E-state index in [4.69, 9.17) is 11.6 Å². The molecule has 0 N–H and O–H groups in total. The lowest BCUT2D eigenvalue weighted by molar-refractivity contribution is -0.122. The summed E-state index contributed by atoms with van der Waals surface area (Å²) in [4.78, 5) is 28.1. The van der Waals surface area contributed by atoms with Crippen LogP contribution in [0.2, 0.25) is 5.02 Å². The van der Waals surface area contributed by atoms with Crippen molar-refractivity contribution < 1.29 is 9.59 Å². The largest absolute Gasteiger partial charge is 0.274 e. The first kappa shape index (κ1) is 15.6. The summed E-state index contributed by atoms with van der Waals surface area (Å²) in [6, 6.07) is 5.51. The Morgan fingerprint density at radius 2 is 1.52 bits per heavy atom. The first-order valence-electron chi connectivity index (χ1n) is 9.43. The number of hydrogen-bond acceptors (Lipinski definition) is 2. The molecule has 1 heterocycles. The molecule has 0 aromatic heterocycles. The fourth-order valence-electron chi connectivity index (χ4n) is 5.87. The van der Waals surface area contributed by atoms with Crippen molar-refractivity contribution in [3.8, 4) is 0 Å². The molecule has 4 heteroatoms. The minimum atomic E-state index is -0.142. The van der Waals surface area contributed by atoms with Crippen molar-refractivity contribution in [2.75, 3.05) is 4.90 Å². The highest BCUT2D eigenvalue weighted by Gasteiger charge is 2.59. The van der Waals surface area contributed by atoms with Crippen molar-refractivity contribution in [2.45, 2.75) is 45.4 Å². The number of hydrogen-bond donors (Lipinski definition) is 0. The first-order chi connectivity index (χ1) is 12.1. The fourth-order valence-corrected chi connectivity index (χ4v) is 6.04. The van der Waals surface area contributed by atoms with E-state index < -0.39 is 0 Å². The number of carbonyl (C=O) groups excluding carboxylic acids is 2. The van der Waals surface area contributed by atoms with Crippen molar-refractivity contribution in [3.63, 3.8) is 0 Å². The predicted molar refractivity (Wildman–Crippen MR) is 97.4 cm³/mol. The average Bonchev–Trinajstić information content (AvgIpc) is 3.28. The Labute approximate surface area is 153 Å². The van der Waals surface area contributed by atoms with E-state index in [0.717, 1.165) is 44.1 Å². The predicted octanol–water partition coefficient (Wildman–Crippen LogP) is 4.66. The Morgan fingerprint density at radius 1 is 0.960 bits per heavy atom. The number of nitrogens with zero attached hydrogens (tertiary/aromatic N) is 1. The summed E-state index contributed by atoms with van der Waals surface area (Å²) in [6.45, 7) is 1.93. The van der Waals surface area contributed by atoms with E-state index in [9.17, 15) is 9.59 Å². The zero-order valence-electron chi connectivity index (χ0n) is 14.4. The monoisotopic (exact) mass is 355 g/mol. The molecule has 4 aliphatic rings. The molecule has 5 rings (SSSR count). The lowest BCUT2D eigenvalue weighted by Gasteiger charge is -2.34. The van der Waals surface area contributed by atoms with Crippen LogP contribution < -0.4 is 4.90 Å². The van der Waals surface area contributed by atoms with Crippen molar-refractivity contribution >= 4 is 29.1 Å². The van der Waals surface area contributed by atoms with E-state index in [2.05, 4.69) is 0 Å². The Hall–Kier alpha value is -1.61. The molecule has 0 radical (unpaired) electrons. The molecule has 1 aliphatic heterocycles. The summed E-state index contributed by atoms with van der Waals surface area (Å²) in [7, 11) is 0. The van der Waals surface area contributed by atoms with Gasteiger partial charge >= 0.3 is 0 Å².